The van der Waals surface area contributed by atoms with E-state index in [0.717, 1.165) is 0 Å². The molecule has 4 rings (SSSR count). The molecule has 2 aromatic heterocycles. The van der Waals surface area contributed by atoms with Crippen molar-refractivity contribution in [2.45, 2.75) is 10.8 Å². The van der Waals surface area contributed by atoms with Gasteiger partial charge >= 0.3 is 0 Å². The highest BCUT2D eigenvalue weighted by atomic mass is 32.2. The van der Waals surface area contributed by atoms with Crippen LogP contribution in [0.1, 0.15) is 21.3 Å². The summed E-state index contributed by atoms with van der Waals surface area (Å²) in [6.45, 7) is 0. The summed E-state index contributed by atoms with van der Waals surface area (Å²) in [4.78, 5) is 21.7. The molecule has 0 aliphatic heterocycles. The molecule has 0 unspecified atom stereocenters. The van der Waals surface area contributed by atoms with Crippen molar-refractivity contribution in [2.24, 2.45) is 0 Å². The van der Waals surface area contributed by atoms with Crippen LogP contribution in [0, 0.1) is 11.3 Å². The van der Waals surface area contributed by atoms with Gasteiger partial charge in [0.25, 0.3) is 10.0 Å². The second-order valence-electron chi connectivity index (χ2n) is 6.71. The van der Waals surface area contributed by atoms with E-state index < -0.39 is 21.7 Å². The molecule has 0 saturated heterocycles. The molecule has 0 radical (unpaired) electrons. The Balaban J connectivity index is 1.52. The van der Waals surface area contributed by atoms with Gasteiger partial charge in [0.15, 0.2) is 11.7 Å². The number of Topliss-reactive ketones (excluding diaryl/α,β-unsaturated/α-hetero) is 1. The van der Waals surface area contributed by atoms with Crippen molar-refractivity contribution in [3.05, 3.63) is 94.9 Å². The number of nitrogens with one attached hydrogen (secondary N) is 1. The number of hydrogen-bond donors (Lipinski definition) is 1. The van der Waals surface area contributed by atoms with Gasteiger partial charge in [0.2, 0.25) is 0 Å². The number of carbonyl (C=O) groups is 1. The van der Waals surface area contributed by atoms with Crippen LogP contribution in [0.2, 0.25) is 0 Å². The Morgan fingerprint density at radius 3 is 2.34 bits per heavy atom. The number of pyridine rings is 1. The van der Waals surface area contributed by atoms with E-state index in [-0.39, 0.29) is 10.5 Å². The molecule has 2 aromatic carbocycles. The topological polar surface area (TPSA) is 113 Å². The summed E-state index contributed by atoms with van der Waals surface area (Å²) < 4.78 is 27.4. The minimum Gasteiger partial charge on any atom is -0.292 e. The zero-order chi connectivity index (χ0) is 22.6. The lowest BCUT2D eigenvalue weighted by Crippen LogP contribution is -2.14. The molecule has 0 aliphatic rings. The van der Waals surface area contributed by atoms with Crippen molar-refractivity contribution >= 4 is 32.8 Å². The molecule has 32 heavy (non-hydrogen) atoms. The lowest BCUT2D eigenvalue weighted by atomic mass is 9.99. The molecule has 1 N–H and O–H groups in total. The average molecular weight is 461 g/mol. The van der Waals surface area contributed by atoms with E-state index in [1.165, 1.54) is 47.7 Å². The van der Waals surface area contributed by atoms with Crippen molar-refractivity contribution in [1.29, 1.82) is 5.26 Å². The molecule has 4 aromatic rings. The molecule has 0 bridgehead atoms. The number of rotatable bonds is 7. The van der Waals surface area contributed by atoms with Gasteiger partial charge in [0.1, 0.15) is 5.01 Å². The van der Waals surface area contributed by atoms with Crippen molar-refractivity contribution in [1.82, 2.24) is 9.97 Å². The first-order chi connectivity index (χ1) is 15.5. The lowest BCUT2D eigenvalue weighted by Gasteiger charge is -2.09. The van der Waals surface area contributed by atoms with Gasteiger partial charge in [-0.3, -0.25) is 14.5 Å². The smallest absolute Gasteiger partial charge is 0.261 e. The van der Waals surface area contributed by atoms with Crippen LogP contribution in [0.5, 0.6) is 0 Å². The summed E-state index contributed by atoms with van der Waals surface area (Å²) in [6.07, 6.45) is 1.65. The number of thiazole rings is 1. The highest BCUT2D eigenvalue weighted by Gasteiger charge is 2.25. The maximum atomic E-state index is 12.9. The number of nitrogens with zero attached hydrogens (tertiary/aromatic N) is 3. The number of anilines is 1. The minimum absolute atomic E-state index is 0.136. The van der Waals surface area contributed by atoms with Crippen LogP contribution < -0.4 is 4.72 Å². The maximum absolute atomic E-state index is 12.9. The normalized spacial score (nSPS) is 12.0. The van der Waals surface area contributed by atoms with E-state index >= 15 is 0 Å². The first kappa shape index (κ1) is 21.4. The highest BCUT2D eigenvalue weighted by molar-refractivity contribution is 7.92. The van der Waals surface area contributed by atoms with Crippen molar-refractivity contribution in [3.8, 4) is 17.5 Å². The first-order valence-electron chi connectivity index (χ1n) is 9.46. The lowest BCUT2D eigenvalue weighted by molar-refractivity contribution is 0.0979. The fourth-order valence-corrected chi connectivity index (χ4v) is 4.89. The van der Waals surface area contributed by atoms with Gasteiger partial charge in [0.05, 0.1) is 22.4 Å². The van der Waals surface area contributed by atoms with E-state index in [2.05, 4.69) is 14.7 Å². The predicted molar refractivity (Wildman–Crippen MR) is 122 cm³/mol. The summed E-state index contributed by atoms with van der Waals surface area (Å²) in [5, 5.41) is 11.8. The van der Waals surface area contributed by atoms with E-state index in [4.69, 9.17) is 0 Å². The summed E-state index contributed by atoms with van der Waals surface area (Å²) in [6, 6.07) is 21.4. The van der Waals surface area contributed by atoms with Crippen molar-refractivity contribution in [3.63, 3.8) is 0 Å². The van der Waals surface area contributed by atoms with E-state index in [1.54, 1.807) is 41.9 Å². The third-order valence-electron chi connectivity index (χ3n) is 4.56. The number of benzene rings is 2. The average Bonchev–Trinajstić information content (AvgIpc) is 3.31. The van der Waals surface area contributed by atoms with E-state index in [1.807, 2.05) is 12.1 Å². The van der Waals surface area contributed by atoms with E-state index in [0.29, 0.717) is 22.1 Å². The molecule has 0 aliphatic carbocycles. The Morgan fingerprint density at radius 1 is 0.969 bits per heavy atom. The summed E-state index contributed by atoms with van der Waals surface area (Å²) >= 11 is 1.22. The molecule has 0 fully saturated rings. The quantitative estimate of drug-likeness (QED) is 0.407. The molecular weight excluding hydrogens is 444 g/mol. The maximum Gasteiger partial charge on any atom is 0.261 e. The van der Waals surface area contributed by atoms with Crippen LogP contribution in [0.4, 0.5) is 5.69 Å². The predicted octanol–water partition coefficient (Wildman–Crippen LogP) is 4.50. The Morgan fingerprint density at radius 2 is 1.69 bits per heavy atom. The largest absolute Gasteiger partial charge is 0.292 e. The molecule has 0 saturated carbocycles. The standard InChI is InChI=1S/C23H16N4O3S2/c24-14-19(23-26-21(15-31-23)20-8-4-5-13-25-20)22(28)16-9-11-17(12-10-16)27-32(29,30)18-6-2-1-3-7-18/h1-13,15,19,27H/t19-/m0/s1. The molecule has 1 atom stereocenters. The third-order valence-corrected chi connectivity index (χ3v) is 6.87. The third kappa shape index (κ3) is 4.56. The Kier molecular flexibility index (Phi) is 6.07. The summed E-state index contributed by atoms with van der Waals surface area (Å²) in [5.74, 6) is -1.48. The number of aromatic nitrogens is 2. The Bertz CT molecular complexity index is 1380. The van der Waals surface area contributed by atoms with Crippen LogP contribution in [0.25, 0.3) is 11.4 Å². The molecule has 7 nitrogen and oxygen atoms in total. The minimum atomic E-state index is -3.74. The molecule has 2 heterocycles. The molecular formula is C23H16N4O3S2. The molecule has 9 heteroatoms. The number of carbonyl (C=O) groups excluding carboxylic acids is 1. The van der Waals surface area contributed by atoms with Gasteiger partial charge in [0, 0.05) is 22.8 Å². The first-order valence-corrected chi connectivity index (χ1v) is 11.8. The van der Waals surface area contributed by atoms with Gasteiger partial charge in [-0.1, -0.05) is 24.3 Å². The van der Waals surface area contributed by atoms with Crippen molar-refractivity contribution < 1.29 is 13.2 Å². The van der Waals surface area contributed by atoms with Gasteiger partial charge < -0.3 is 0 Å². The summed E-state index contributed by atoms with van der Waals surface area (Å²) in [7, 11) is -3.74. The number of nitriles is 1. The number of hydrogen-bond acceptors (Lipinski definition) is 7. The van der Waals surface area contributed by atoms with Crippen LogP contribution in [-0.2, 0) is 10.0 Å². The second-order valence-corrected chi connectivity index (χ2v) is 9.28. The van der Waals surface area contributed by atoms with Gasteiger partial charge in [-0.05, 0) is 48.5 Å². The van der Waals surface area contributed by atoms with Gasteiger partial charge in [-0.2, -0.15) is 5.26 Å². The molecule has 158 valence electrons. The summed E-state index contributed by atoms with van der Waals surface area (Å²) in [5.41, 5.74) is 1.86. The molecule has 0 amide bonds. The van der Waals surface area contributed by atoms with Crippen molar-refractivity contribution in [2.75, 3.05) is 4.72 Å². The van der Waals surface area contributed by atoms with E-state index in [9.17, 15) is 18.5 Å². The van der Waals surface area contributed by atoms with Gasteiger partial charge in [-0.25, -0.2) is 13.4 Å². The zero-order valence-corrected chi connectivity index (χ0v) is 18.2. The van der Waals surface area contributed by atoms with Gasteiger partial charge in [-0.15, -0.1) is 11.3 Å². The SMILES string of the molecule is N#C[C@@H](C(=O)c1ccc(NS(=O)(=O)c2ccccc2)cc1)c1nc(-c2ccccn2)cs1. The fraction of sp³-hybridized carbons (Fsp3) is 0.0435. The fourth-order valence-electron chi connectivity index (χ4n) is 2.96. The van der Waals surface area contributed by atoms with Crippen LogP contribution in [-0.4, -0.2) is 24.2 Å². The van der Waals surface area contributed by atoms with Crippen LogP contribution in [0.15, 0.2) is 89.3 Å². The molecule has 0 spiro atoms. The Labute approximate surface area is 189 Å². The Hall–Kier alpha value is -3.87. The number of ketones is 1. The van der Waals surface area contributed by atoms with Crippen LogP contribution in [0.3, 0.4) is 0 Å². The number of sulfonamides is 1. The monoisotopic (exact) mass is 460 g/mol. The van der Waals surface area contributed by atoms with Crippen LogP contribution >= 0.6 is 11.3 Å². The highest BCUT2D eigenvalue weighted by Crippen LogP contribution is 2.28. The second kappa shape index (κ2) is 9.09. The zero-order valence-electron chi connectivity index (χ0n) is 16.5.